The lowest BCUT2D eigenvalue weighted by Crippen LogP contribution is -2.46. The first kappa shape index (κ1) is 21.5. The smallest absolute Gasteiger partial charge is 0.387 e. The Bertz CT molecular complexity index is 1230. The maximum Gasteiger partial charge on any atom is 0.387 e. The third kappa shape index (κ3) is 3.87. The summed E-state index contributed by atoms with van der Waals surface area (Å²) >= 11 is 0. The Balaban J connectivity index is 1.56. The molecule has 5 rings (SSSR count). The van der Waals surface area contributed by atoms with E-state index in [4.69, 9.17) is 9.47 Å². The van der Waals surface area contributed by atoms with Crippen LogP contribution in [0.3, 0.4) is 0 Å². The van der Waals surface area contributed by atoms with Crippen LogP contribution >= 0.6 is 0 Å². The number of alkyl halides is 3. The molecule has 0 spiro atoms. The van der Waals surface area contributed by atoms with Crippen molar-refractivity contribution in [2.75, 3.05) is 20.3 Å². The Hall–Kier alpha value is -3.31. The van der Waals surface area contributed by atoms with Crippen LogP contribution in [0.1, 0.15) is 22.3 Å². The minimum absolute atomic E-state index is 0.00999. The van der Waals surface area contributed by atoms with Crippen LogP contribution in [0.2, 0.25) is 0 Å². The largest absolute Gasteiger partial charge is 0.496 e. The van der Waals surface area contributed by atoms with Crippen molar-refractivity contribution in [3.05, 3.63) is 47.8 Å². The molecule has 11 heteroatoms. The lowest BCUT2D eigenvalue weighted by Gasteiger charge is -2.36. The first-order chi connectivity index (χ1) is 15.8. The van der Waals surface area contributed by atoms with Crippen molar-refractivity contribution in [1.82, 2.24) is 14.7 Å². The molecule has 3 heterocycles. The van der Waals surface area contributed by atoms with E-state index in [1.165, 1.54) is 25.4 Å². The molecule has 8 nitrogen and oxygen atoms in total. The molecule has 1 aliphatic carbocycles. The molecule has 2 atom stereocenters. The SMILES string of the molecule is COc1cc(-c2cnc3cc(C4(O)COC4)ccn23)cc(OC(F)F)c1C(=O)N[C@@H]1C[C@@H]1F. The molecule has 2 aliphatic rings. The van der Waals surface area contributed by atoms with Gasteiger partial charge in [-0.2, -0.15) is 8.78 Å². The lowest BCUT2D eigenvalue weighted by atomic mass is 9.93. The zero-order valence-corrected chi connectivity index (χ0v) is 17.4. The summed E-state index contributed by atoms with van der Waals surface area (Å²) in [4.78, 5) is 17.0. The minimum atomic E-state index is -3.19. The van der Waals surface area contributed by atoms with Crippen LogP contribution in [0.5, 0.6) is 11.5 Å². The monoisotopic (exact) mass is 463 g/mol. The summed E-state index contributed by atoms with van der Waals surface area (Å²) in [6.45, 7) is -2.81. The predicted octanol–water partition coefficient (Wildman–Crippen LogP) is 2.67. The van der Waals surface area contributed by atoms with Gasteiger partial charge in [-0.15, -0.1) is 0 Å². The number of carbonyl (C=O) groups is 1. The highest BCUT2D eigenvalue weighted by Gasteiger charge is 2.40. The quantitative estimate of drug-likeness (QED) is 0.560. The van der Waals surface area contributed by atoms with Gasteiger partial charge in [0.25, 0.3) is 5.91 Å². The molecule has 174 valence electrons. The number of aromatic nitrogens is 2. The maximum absolute atomic E-state index is 13.2. The van der Waals surface area contributed by atoms with Gasteiger partial charge < -0.3 is 24.6 Å². The fourth-order valence-corrected chi connectivity index (χ4v) is 3.81. The molecule has 1 saturated carbocycles. The number of hydrogen-bond acceptors (Lipinski definition) is 6. The molecule has 0 unspecified atom stereocenters. The number of rotatable bonds is 7. The number of aliphatic hydroxyl groups is 1. The topological polar surface area (TPSA) is 94.3 Å². The molecule has 3 aromatic rings. The molecule has 2 aromatic heterocycles. The number of halogens is 3. The molecular formula is C22H20F3N3O5. The Labute approximate surface area is 185 Å². The van der Waals surface area contributed by atoms with Crippen molar-refractivity contribution < 1.29 is 37.3 Å². The second kappa shape index (κ2) is 7.92. The summed E-state index contributed by atoms with van der Waals surface area (Å²) in [6, 6.07) is 5.56. The van der Waals surface area contributed by atoms with Gasteiger partial charge in [-0.25, -0.2) is 9.37 Å². The maximum atomic E-state index is 13.2. The van der Waals surface area contributed by atoms with E-state index in [0.717, 1.165) is 0 Å². The minimum Gasteiger partial charge on any atom is -0.496 e. The standard InChI is InChI=1S/C22H20F3N3O5/c1-31-16-4-11(5-17(33-21(24)25)19(16)20(29)27-14-7-13(14)23)15-8-26-18-6-12(2-3-28(15)18)22(30)9-32-10-22/h2-6,8,13-14,21,30H,7,9-10H2,1H3,(H,27,29)/t13-,14+/m0/s1. The van der Waals surface area contributed by atoms with Gasteiger partial charge in [0, 0.05) is 18.2 Å². The molecule has 1 saturated heterocycles. The number of imidazole rings is 1. The Morgan fingerprint density at radius 3 is 2.67 bits per heavy atom. The van der Waals surface area contributed by atoms with Crippen molar-refractivity contribution in [3.8, 4) is 22.8 Å². The van der Waals surface area contributed by atoms with Crippen molar-refractivity contribution >= 4 is 11.6 Å². The number of ether oxygens (including phenoxy) is 3. The summed E-state index contributed by atoms with van der Waals surface area (Å²) in [7, 11) is 1.29. The highest BCUT2D eigenvalue weighted by Crippen LogP contribution is 2.38. The fourth-order valence-electron chi connectivity index (χ4n) is 3.81. The van der Waals surface area contributed by atoms with Crippen LogP contribution < -0.4 is 14.8 Å². The van der Waals surface area contributed by atoms with Gasteiger partial charge in [0.1, 0.15) is 34.5 Å². The van der Waals surface area contributed by atoms with E-state index in [1.807, 2.05) is 0 Å². The van der Waals surface area contributed by atoms with E-state index >= 15 is 0 Å². The molecule has 0 radical (unpaired) electrons. The van der Waals surface area contributed by atoms with E-state index in [1.54, 1.807) is 22.7 Å². The summed E-state index contributed by atoms with van der Waals surface area (Å²) in [5.41, 5.74) is 0.774. The van der Waals surface area contributed by atoms with E-state index in [0.29, 0.717) is 22.5 Å². The molecule has 0 bridgehead atoms. The summed E-state index contributed by atoms with van der Waals surface area (Å²) < 4.78 is 56.3. The second-order valence-electron chi connectivity index (χ2n) is 8.07. The number of benzene rings is 1. The van der Waals surface area contributed by atoms with Crippen LogP contribution in [0.25, 0.3) is 16.9 Å². The van der Waals surface area contributed by atoms with Gasteiger partial charge in [-0.05, 0) is 29.8 Å². The summed E-state index contributed by atoms with van der Waals surface area (Å²) in [6.07, 6.45) is 2.23. The molecular weight excluding hydrogens is 443 g/mol. The van der Waals surface area contributed by atoms with Gasteiger partial charge in [0.15, 0.2) is 0 Å². The van der Waals surface area contributed by atoms with Crippen molar-refractivity contribution in [3.63, 3.8) is 0 Å². The average Bonchev–Trinajstić information content (AvgIpc) is 3.28. The van der Waals surface area contributed by atoms with E-state index < -0.39 is 36.1 Å². The number of carbonyl (C=O) groups excluding carboxylic acids is 1. The molecule has 2 fully saturated rings. The van der Waals surface area contributed by atoms with E-state index in [9.17, 15) is 23.1 Å². The number of fused-ring (bicyclic) bond motifs is 1. The zero-order chi connectivity index (χ0) is 23.3. The third-order valence-corrected chi connectivity index (χ3v) is 5.79. The highest BCUT2D eigenvalue weighted by atomic mass is 19.3. The van der Waals surface area contributed by atoms with Gasteiger partial charge in [0.2, 0.25) is 0 Å². The summed E-state index contributed by atoms with van der Waals surface area (Å²) in [5, 5.41) is 12.9. The number of nitrogens with one attached hydrogen (secondary N) is 1. The Morgan fingerprint density at radius 1 is 1.33 bits per heavy atom. The van der Waals surface area contributed by atoms with Gasteiger partial charge in [-0.3, -0.25) is 9.20 Å². The normalized spacial score (nSPS) is 21.0. The van der Waals surface area contributed by atoms with E-state index in [-0.39, 0.29) is 30.9 Å². The molecule has 2 N–H and O–H groups in total. The van der Waals surface area contributed by atoms with Crippen LogP contribution in [0.15, 0.2) is 36.7 Å². The van der Waals surface area contributed by atoms with E-state index in [2.05, 4.69) is 15.0 Å². The lowest BCUT2D eigenvalue weighted by molar-refractivity contribution is -0.184. The molecule has 33 heavy (non-hydrogen) atoms. The van der Waals surface area contributed by atoms with Crippen LogP contribution in [0, 0.1) is 0 Å². The highest BCUT2D eigenvalue weighted by molar-refractivity contribution is 6.01. The molecule has 1 amide bonds. The first-order valence-electron chi connectivity index (χ1n) is 10.2. The van der Waals surface area contributed by atoms with Gasteiger partial charge in [-0.1, -0.05) is 0 Å². The first-order valence-corrected chi connectivity index (χ1v) is 10.2. The number of amides is 1. The van der Waals surface area contributed by atoms with Crippen LogP contribution in [-0.4, -0.2) is 59.5 Å². The number of hydrogen-bond donors (Lipinski definition) is 2. The number of nitrogens with zero attached hydrogens (tertiary/aromatic N) is 2. The number of methoxy groups -OCH3 is 1. The third-order valence-electron chi connectivity index (χ3n) is 5.79. The Kier molecular flexibility index (Phi) is 5.17. The van der Waals surface area contributed by atoms with Crippen molar-refractivity contribution in [2.24, 2.45) is 0 Å². The second-order valence-corrected chi connectivity index (χ2v) is 8.07. The zero-order valence-electron chi connectivity index (χ0n) is 17.4. The van der Waals surface area contributed by atoms with Gasteiger partial charge >= 0.3 is 6.61 Å². The predicted molar refractivity (Wildman–Crippen MR) is 109 cm³/mol. The van der Waals surface area contributed by atoms with Crippen molar-refractivity contribution in [1.29, 1.82) is 0 Å². The Morgan fingerprint density at radius 2 is 2.06 bits per heavy atom. The van der Waals surface area contributed by atoms with Crippen molar-refractivity contribution in [2.45, 2.75) is 30.8 Å². The molecule has 1 aromatic carbocycles. The van der Waals surface area contributed by atoms with Gasteiger partial charge in [0.05, 0.1) is 38.3 Å². The average molecular weight is 463 g/mol. The number of pyridine rings is 1. The van der Waals surface area contributed by atoms with Crippen LogP contribution in [0.4, 0.5) is 13.2 Å². The van der Waals surface area contributed by atoms with Crippen LogP contribution in [-0.2, 0) is 10.3 Å². The fraction of sp³-hybridized carbons (Fsp3) is 0.364. The summed E-state index contributed by atoms with van der Waals surface area (Å²) in [5.74, 6) is -1.18. The molecule has 1 aliphatic heterocycles.